The summed E-state index contributed by atoms with van der Waals surface area (Å²) in [5, 5.41) is 0. The van der Waals surface area contributed by atoms with Gasteiger partial charge in [-0.1, -0.05) is 6.92 Å². The molecule has 112 valence electrons. The number of hydrogen-bond acceptors (Lipinski definition) is 4. The predicted octanol–water partition coefficient (Wildman–Crippen LogP) is 1.89. The Morgan fingerprint density at radius 1 is 1.50 bits per heavy atom. The summed E-state index contributed by atoms with van der Waals surface area (Å²) >= 11 is 0. The molecule has 1 heterocycles. The van der Waals surface area contributed by atoms with Gasteiger partial charge in [0.15, 0.2) is 0 Å². The van der Waals surface area contributed by atoms with Crippen molar-refractivity contribution in [3.63, 3.8) is 0 Å². The van der Waals surface area contributed by atoms with E-state index in [0.29, 0.717) is 6.54 Å². The molecule has 20 heavy (non-hydrogen) atoms. The Hall–Kier alpha value is -1.36. The Balaban J connectivity index is 2.19. The Kier molecular flexibility index (Phi) is 3.91. The summed E-state index contributed by atoms with van der Waals surface area (Å²) in [5.74, 6) is 0.858. The van der Waals surface area contributed by atoms with Gasteiger partial charge in [0.2, 0.25) is 0 Å². The summed E-state index contributed by atoms with van der Waals surface area (Å²) < 4.78 is 7.50. The lowest BCUT2D eigenvalue weighted by atomic mass is 9.94. The molecule has 1 aliphatic carbocycles. The topological polar surface area (TPSA) is 70.1 Å². The van der Waals surface area contributed by atoms with Gasteiger partial charge in [0.1, 0.15) is 17.0 Å². The smallest absolute Gasteiger partial charge is 0.328 e. The number of nitrogens with zero attached hydrogens (tertiary/aromatic N) is 2. The van der Waals surface area contributed by atoms with Crippen LogP contribution in [0.3, 0.4) is 0 Å². The number of ether oxygens (including phenoxy) is 1. The second-order valence-electron chi connectivity index (χ2n) is 6.64. The van der Waals surface area contributed by atoms with Crippen LogP contribution in [-0.2, 0) is 22.5 Å². The van der Waals surface area contributed by atoms with Gasteiger partial charge in [-0.15, -0.1) is 0 Å². The van der Waals surface area contributed by atoms with Gasteiger partial charge in [-0.2, -0.15) is 0 Å². The average Bonchev–Trinajstić information content (AvgIpc) is 3.09. The molecule has 0 radical (unpaired) electrons. The molecule has 0 saturated heterocycles. The second-order valence-corrected chi connectivity index (χ2v) is 6.64. The summed E-state index contributed by atoms with van der Waals surface area (Å²) in [5.41, 5.74) is 4.98. The molecular formula is C15H25N3O2. The number of aromatic nitrogens is 2. The van der Waals surface area contributed by atoms with Crippen molar-refractivity contribution in [1.29, 1.82) is 0 Å². The Bertz CT molecular complexity index is 486. The van der Waals surface area contributed by atoms with Gasteiger partial charge in [-0.25, -0.2) is 9.78 Å². The minimum Gasteiger partial charge on any atom is -0.459 e. The van der Waals surface area contributed by atoms with Gasteiger partial charge in [-0.3, -0.25) is 0 Å². The van der Waals surface area contributed by atoms with E-state index in [0.717, 1.165) is 25.1 Å². The van der Waals surface area contributed by atoms with Gasteiger partial charge >= 0.3 is 5.97 Å². The molecule has 0 spiro atoms. The molecule has 1 unspecified atom stereocenters. The standard InChI is InChI=1S/C15H25N3O2/c1-5-12-17-8-9-18(12)10-15(16,11-6-7-11)13(19)20-14(2,3)4/h8-9,11H,5-7,10,16H2,1-4H3. The van der Waals surface area contributed by atoms with Crippen LogP contribution in [-0.4, -0.2) is 26.7 Å². The number of hydrogen-bond donors (Lipinski definition) is 1. The van der Waals surface area contributed by atoms with Gasteiger partial charge in [0, 0.05) is 18.8 Å². The van der Waals surface area contributed by atoms with Crippen LogP contribution >= 0.6 is 0 Å². The molecule has 1 aromatic heterocycles. The summed E-state index contributed by atoms with van der Waals surface area (Å²) in [4.78, 5) is 16.8. The fourth-order valence-corrected chi connectivity index (χ4v) is 2.41. The van der Waals surface area contributed by atoms with Crippen LogP contribution in [0.1, 0.15) is 46.4 Å². The van der Waals surface area contributed by atoms with Crippen LogP contribution < -0.4 is 5.73 Å². The van der Waals surface area contributed by atoms with Gasteiger partial charge < -0.3 is 15.0 Å². The molecule has 1 saturated carbocycles. The maximum absolute atomic E-state index is 12.5. The van der Waals surface area contributed by atoms with Crippen LogP contribution in [0, 0.1) is 5.92 Å². The molecule has 0 amide bonds. The van der Waals surface area contributed by atoms with Crippen molar-refractivity contribution < 1.29 is 9.53 Å². The van der Waals surface area contributed by atoms with E-state index in [4.69, 9.17) is 10.5 Å². The maximum atomic E-state index is 12.5. The lowest BCUT2D eigenvalue weighted by Gasteiger charge is -2.32. The molecule has 0 bridgehead atoms. The van der Waals surface area contributed by atoms with Crippen molar-refractivity contribution in [2.75, 3.05) is 0 Å². The molecule has 1 atom stereocenters. The quantitative estimate of drug-likeness (QED) is 0.836. The first-order valence-electron chi connectivity index (χ1n) is 7.28. The lowest BCUT2D eigenvalue weighted by molar-refractivity contribution is -0.163. The Morgan fingerprint density at radius 3 is 2.65 bits per heavy atom. The molecule has 0 aromatic carbocycles. The van der Waals surface area contributed by atoms with Crippen LogP contribution in [0.15, 0.2) is 12.4 Å². The number of nitrogens with two attached hydrogens (primary N) is 1. The van der Waals surface area contributed by atoms with Gasteiger partial charge in [0.05, 0.1) is 6.54 Å². The van der Waals surface area contributed by atoms with E-state index in [-0.39, 0.29) is 11.9 Å². The summed E-state index contributed by atoms with van der Waals surface area (Å²) in [6.07, 6.45) is 6.44. The van der Waals surface area contributed by atoms with Crippen molar-refractivity contribution in [2.24, 2.45) is 11.7 Å². The highest BCUT2D eigenvalue weighted by Gasteiger charge is 2.50. The number of carbonyl (C=O) groups excluding carboxylic acids is 1. The number of carbonyl (C=O) groups is 1. The zero-order valence-corrected chi connectivity index (χ0v) is 12.8. The van der Waals surface area contributed by atoms with Crippen molar-refractivity contribution in [1.82, 2.24) is 9.55 Å². The third-order valence-corrected chi connectivity index (χ3v) is 3.63. The summed E-state index contributed by atoms with van der Waals surface area (Å²) in [6.45, 7) is 8.09. The highest BCUT2D eigenvalue weighted by Crippen LogP contribution is 2.40. The van der Waals surface area contributed by atoms with E-state index in [2.05, 4.69) is 4.98 Å². The normalized spacial score (nSPS) is 18.6. The Labute approximate surface area is 120 Å². The molecule has 1 aliphatic rings. The van der Waals surface area contributed by atoms with E-state index < -0.39 is 11.1 Å². The van der Waals surface area contributed by atoms with Gasteiger partial charge in [-0.05, 0) is 39.5 Å². The van der Waals surface area contributed by atoms with Crippen LogP contribution in [0.4, 0.5) is 0 Å². The van der Waals surface area contributed by atoms with Crippen LogP contribution in [0.25, 0.3) is 0 Å². The van der Waals surface area contributed by atoms with E-state index in [1.165, 1.54) is 0 Å². The molecule has 2 rings (SSSR count). The molecule has 5 nitrogen and oxygen atoms in total. The van der Waals surface area contributed by atoms with E-state index >= 15 is 0 Å². The Morgan fingerprint density at radius 2 is 2.15 bits per heavy atom. The van der Waals surface area contributed by atoms with E-state index in [9.17, 15) is 4.79 Å². The second kappa shape index (κ2) is 5.20. The van der Waals surface area contributed by atoms with E-state index in [1.54, 1.807) is 6.20 Å². The molecule has 0 aliphatic heterocycles. The average molecular weight is 279 g/mol. The molecular weight excluding hydrogens is 254 g/mol. The first-order chi connectivity index (χ1) is 9.26. The fraction of sp³-hybridized carbons (Fsp3) is 0.733. The van der Waals surface area contributed by atoms with Crippen LogP contribution in [0.5, 0.6) is 0 Å². The highest BCUT2D eigenvalue weighted by atomic mass is 16.6. The van der Waals surface area contributed by atoms with Crippen molar-refractivity contribution in [3.05, 3.63) is 18.2 Å². The minimum absolute atomic E-state index is 0.212. The molecule has 2 N–H and O–H groups in total. The monoisotopic (exact) mass is 279 g/mol. The zero-order chi connectivity index (χ0) is 15.0. The number of aryl methyl sites for hydroxylation is 1. The maximum Gasteiger partial charge on any atom is 0.328 e. The SMILES string of the molecule is CCc1nccn1CC(N)(C(=O)OC(C)(C)C)C1CC1. The first kappa shape index (κ1) is 15.0. The zero-order valence-electron chi connectivity index (χ0n) is 12.8. The largest absolute Gasteiger partial charge is 0.459 e. The minimum atomic E-state index is -0.947. The number of imidazole rings is 1. The third-order valence-electron chi connectivity index (χ3n) is 3.63. The first-order valence-corrected chi connectivity index (χ1v) is 7.28. The predicted molar refractivity (Wildman–Crippen MR) is 77.1 cm³/mol. The third kappa shape index (κ3) is 3.20. The number of rotatable bonds is 5. The van der Waals surface area contributed by atoms with Crippen LogP contribution in [0.2, 0.25) is 0 Å². The number of esters is 1. The van der Waals surface area contributed by atoms with Crippen molar-refractivity contribution in [3.8, 4) is 0 Å². The van der Waals surface area contributed by atoms with Crippen molar-refractivity contribution >= 4 is 5.97 Å². The molecule has 1 fully saturated rings. The fourth-order valence-electron chi connectivity index (χ4n) is 2.41. The molecule has 1 aromatic rings. The molecule has 5 heteroatoms. The van der Waals surface area contributed by atoms with Crippen molar-refractivity contribution in [2.45, 2.75) is 64.6 Å². The summed E-state index contributed by atoms with van der Waals surface area (Å²) in [7, 11) is 0. The highest BCUT2D eigenvalue weighted by molar-refractivity contribution is 5.81. The lowest BCUT2D eigenvalue weighted by Crippen LogP contribution is -2.56. The van der Waals surface area contributed by atoms with E-state index in [1.807, 2.05) is 38.5 Å². The summed E-state index contributed by atoms with van der Waals surface area (Å²) in [6, 6.07) is 0. The van der Waals surface area contributed by atoms with Gasteiger partial charge in [0.25, 0.3) is 0 Å².